The van der Waals surface area contributed by atoms with E-state index in [1.54, 1.807) is 0 Å². The third-order valence-electron chi connectivity index (χ3n) is 8.36. The van der Waals surface area contributed by atoms with E-state index in [-0.39, 0.29) is 41.0 Å². The highest BCUT2D eigenvalue weighted by molar-refractivity contribution is 7.92. The van der Waals surface area contributed by atoms with E-state index in [1.165, 1.54) is 49.3 Å². The zero-order valence-corrected chi connectivity index (χ0v) is 30.2. The first kappa shape index (κ1) is 37.9. The van der Waals surface area contributed by atoms with Gasteiger partial charge in [0.2, 0.25) is 11.8 Å². The van der Waals surface area contributed by atoms with Gasteiger partial charge in [-0.25, -0.2) is 8.42 Å². The van der Waals surface area contributed by atoms with Crippen LogP contribution in [-0.2, 0) is 32.6 Å². The maximum absolute atomic E-state index is 14.8. The Morgan fingerprint density at radius 3 is 2.30 bits per heavy atom. The van der Waals surface area contributed by atoms with E-state index in [0.717, 1.165) is 27.1 Å². The summed E-state index contributed by atoms with van der Waals surface area (Å²) < 4.78 is 35.3. The first-order valence-corrected chi connectivity index (χ1v) is 17.9. The predicted molar refractivity (Wildman–Crippen MR) is 194 cm³/mol. The maximum Gasteiger partial charge on any atom is 0.273 e. The first-order valence-electron chi connectivity index (χ1n) is 16.1. The number of aryl methyl sites for hydroxylation is 2. The minimum Gasteiger partial charge on any atom is -0.495 e. The third kappa shape index (κ3) is 9.19. The minimum absolute atomic E-state index is 0.0114. The Balaban J connectivity index is 1.90. The maximum atomic E-state index is 14.8. The molecule has 0 aromatic heterocycles. The van der Waals surface area contributed by atoms with E-state index in [4.69, 9.17) is 16.3 Å². The molecule has 264 valence electrons. The summed E-state index contributed by atoms with van der Waals surface area (Å²) in [5.41, 5.74) is 2.27. The average molecular weight is 721 g/mol. The normalized spacial score (nSPS) is 12.4. The van der Waals surface area contributed by atoms with Gasteiger partial charge in [0.15, 0.2) is 0 Å². The van der Waals surface area contributed by atoms with E-state index in [9.17, 15) is 28.1 Å². The van der Waals surface area contributed by atoms with Crippen LogP contribution in [0.25, 0.3) is 0 Å². The van der Waals surface area contributed by atoms with Gasteiger partial charge in [-0.15, -0.1) is 0 Å². The molecule has 0 aliphatic heterocycles. The van der Waals surface area contributed by atoms with Crippen molar-refractivity contribution in [2.24, 2.45) is 0 Å². The van der Waals surface area contributed by atoms with Gasteiger partial charge in [0.1, 0.15) is 18.3 Å². The van der Waals surface area contributed by atoms with Crippen LogP contribution < -0.4 is 14.4 Å². The fourth-order valence-electron chi connectivity index (χ4n) is 5.45. The monoisotopic (exact) mass is 720 g/mol. The lowest BCUT2D eigenvalue weighted by molar-refractivity contribution is -0.385. The topological polar surface area (TPSA) is 139 Å². The van der Waals surface area contributed by atoms with Crippen LogP contribution in [0.15, 0.2) is 95.9 Å². The second kappa shape index (κ2) is 16.6. The largest absolute Gasteiger partial charge is 0.495 e. The van der Waals surface area contributed by atoms with Gasteiger partial charge in [0.25, 0.3) is 15.7 Å². The number of hydrogen-bond donors (Lipinski definition) is 1. The number of methoxy groups -OCH3 is 1. The zero-order valence-electron chi connectivity index (χ0n) is 28.6. The van der Waals surface area contributed by atoms with E-state index in [0.29, 0.717) is 6.42 Å². The molecule has 0 saturated carbocycles. The summed E-state index contributed by atoms with van der Waals surface area (Å²) in [6.45, 7) is 6.41. The molecule has 0 heterocycles. The number of rotatable bonds is 15. The number of halogens is 1. The Labute approximate surface area is 298 Å². The van der Waals surface area contributed by atoms with Crippen molar-refractivity contribution in [1.82, 2.24) is 10.2 Å². The molecule has 1 N–H and O–H groups in total. The quantitative estimate of drug-likeness (QED) is 0.108. The molecule has 0 spiro atoms. The molecule has 2 unspecified atom stereocenters. The molecule has 2 amide bonds. The van der Waals surface area contributed by atoms with Crippen LogP contribution in [0.2, 0.25) is 5.02 Å². The predicted octanol–water partition coefficient (Wildman–Crippen LogP) is 6.62. The lowest BCUT2D eigenvalue weighted by atomic mass is 10.0. The van der Waals surface area contributed by atoms with Crippen molar-refractivity contribution in [3.8, 4) is 5.75 Å². The van der Waals surface area contributed by atoms with Gasteiger partial charge in [0.05, 0.1) is 22.6 Å². The van der Waals surface area contributed by atoms with Crippen molar-refractivity contribution in [2.45, 2.75) is 64.1 Å². The Morgan fingerprint density at radius 1 is 0.960 bits per heavy atom. The highest BCUT2D eigenvalue weighted by Gasteiger charge is 2.36. The standard InChI is InChI=1S/C37H41ClN4O7S/c1-6-27(4)39-37(44)34(20-28-12-8-7-9-13-28)40(23-29-14-10-11-25(2)19-29)36(43)24-41(33-21-30(38)16-18-35(33)49-5)50(47,48)31-17-15-26(3)32(22-31)42(45)46/h7-19,21-22,27,34H,6,20,23-24H2,1-5H3,(H,39,44). The molecule has 0 fully saturated rings. The summed E-state index contributed by atoms with van der Waals surface area (Å²) in [4.78, 5) is 40.9. The summed E-state index contributed by atoms with van der Waals surface area (Å²) in [6, 6.07) is 23.3. The van der Waals surface area contributed by atoms with Crippen molar-refractivity contribution >= 4 is 44.8 Å². The molecule has 0 saturated heterocycles. The van der Waals surface area contributed by atoms with Gasteiger partial charge in [-0.2, -0.15) is 0 Å². The number of nitrogens with zero attached hydrogens (tertiary/aromatic N) is 3. The van der Waals surface area contributed by atoms with Crippen LogP contribution >= 0.6 is 11.6 Å². The van der Waals surface area contributed by atoms with Crippen LogP contribution in [-0.4, -0.2) is 55.8 Å². The van der Waals surface area contributed by atoms with Crippen molar-refractivity contribution in [3.63, 3.8) is 0 Å². The summed E-state index contributed by atoms with van der Waals surface area (Å²) >= 11 is 6.35. The number of benzene rings is 4. The highest BCUT2D eigenvalue weighted by Crippen LogP contribution is 2.36. The van der Waals surface area contributed by atoms with Crippen LogP contribution in [0.3, 0.4) is 0 Å². The molecule has 50 heavy (non-hydrogen) atoms. The van der Waals surface area contributed by atoms with Crippen molar-refractivity contribution < 1.29 is 27.7 Å². The SMILES string of the molecule is CCC(C)NC(=O)C(Cc1ccccc1)N(Cc1cccc(C)c1)C(=O)CN(c1cc(Cl)ccc1OC)S(=O)(=O)c1ccc(C)c([N+](=O)[O-])c1. The number of sulfonamides is 1. The number of carbonyl (C=O) groups is 2. The van der Waals surface area contributed by atoms with Gasteiger partial charge < -0.3 is 15.0 Å². The molecule has 0 bridgehead atoms. The number of carbonyl (C=O) groups excluding carboxylic acids is 2. The molecule has 11 nitrogen and oxygen atoms in total. The average Bonchev–Trinajstić information content (AvgIpc) is 3.08. The van der Waals surface area contributed by atoms with Crippen LogP contribution in [0, 0.1) is 24.0 Å². The molecule has 4 aromatic rings. The molecule has 4 aromatic carbocycles. The lowest BCUT2D eigenvalue weighted by Gasteiger charge is -2.34. The number of hydrogen-bond acceptors (Lipinski definition) is 7. The summed E-state index contributed by atoms with van der Waals surface area (Å²) in [5, 5.41) is 15.0. The van der Waals surface area contributed by atoms with Crippen molar-refractivity contribution in [2.75, 3.05) is 18.0 Å². The smallest absolute Gasteiger partial charge is 0.273 e. The molecule has 4 rings (SSSR count). The molecule has 2 atom stereocenters. The van der Waals surface area contributed by atoms with Crippen LogP contribution in [0.4, 0.5) is 11.4 Å². The Kier molecular flexibility index (Phi) is 12.6. The number of nitro benzene ring substituents is 1. The Morgan fingerprint density at radius 2 is 1.66 bits per heavy atom. The molecule has 0 aliphatic carbocycles. The third-order valence-corrected chi connectivity index (χ3v) is 10.4. The molecular weight excluding hydrogens is 680 g/mol. The number of anilines is 1. The van der Waals surface area contributed by atoms with E-state index >= 15 is 0 Å². The number of nitro groups is 1. The van der Waals surface area contributed by atoms with Gasteiger partial charge in [-0.05, 0) is 62.6 Å². The van der Waals surface area contributed by atoms with E-state index < -0.39 is 49.9 Å². The second-order valence-corrected chi connectivity index (χ2v) is 14.4. The minimum atomic E-state index is -4.67. The summed E-state index contributed by atoms with van der Waals surface area (Å²) in [7, 11) is -3.33. The fraction of sp³-hybridized carbons (Fsp3) is 0.297. The lowest BCUT2D eigenvalue weighted by Crippen LogP contribution is -2.54. The Bertz CT molecular complexity index is 1960. The van der Waals surface area contributed by atoms with Crippen molar-refractivity contribution in [3.05, 3.63) is 128 Å². The fourth-order valence-corrected chi connectivity index (χ4v) is 7.05. The highest BCUT2D eigenvalue weighted by atomic mass is 35.5. The van der Waals surface area contributed by atoms with E-state index in [2.05, 4.69) is 5.32 Å². The molecular formula is C37H41ClN4O7S. The summed E-state index contributed by atoms with van der Waals surface area (Å²) in [5.74, 6) is -1.000. The second-order valence-electron chi connectivity index (χ2n) is 12.1. The van der Waals surface area contributed by atoms with Gasteiger partial charge in [-0.1, -0.05) is 84.8 Å². The zero-order chi connectivity index (χ0) is 36.6. The van der Waals surface area contributed by atoms with Gasteiger partial charge in [-0.3, -0.25) is 24.0 Å². The Hall–Kier alpha value is -4.94. The number of amides is 2. The van der Waals surface area contributed by atoms with Crippen molar-refractivity contribution in [1.29, 1.82) is 0 Å². The molecule has 13 heteroatoms. The van der Waals surface area contributed by atoms with Crippen LogP contribution in [0.1, 0.15) is 42.5 Å². The number of nitrogens with one attached hydrogen (secondary N) is 1. The van der Waals surface area contributed by atoms with Crippen LogP contribution in [0.5, 0.6) is 5.75 Å². The van der Waals surface area contributed by atoms with Gasteiger partial charge >= 0.3 is 0 Å². The molecule has 0 aliphatic rings. The molecule has 0 radical (unpaired) electrons. The first-order chi connectivity index (χ1) is 23.7. The van der Waals surface area contributed by atoms with E-state index in [1.807, 2.05) is 75.4 Å². The summed E-state index contributed by atoms with van der Waals surface area (Å²) in [6.07, 6.45) is 0.803. The number of ether oxygens (including phenoxy) is 1. The van der Waals surface area contributed by atoms with Gasteiger partial charge in [0, 0.05) is 35.7 Å².